The molecule has 0 N–H and O–H groups in total. The third kappa shape index (κ3) is 82.0. The summed E-state index contributed by atoms with van der Waals surface area (Å²) >= 11 is 0. The van der Waals surface area contributed by atoms with E-state index in [4.69, 9.17) is 54.3 Å². The molecule has 0 aliphatic heterocycles. The van der Waals surface area contributed by atoms with Crippen molar-refractivity contribution in [2.45, 2.75) is 249 Å². The maximum atomic E-state index is 5.82. The molecule has 17 heteroatoms. The summed E-state index contributed by atoms with van der Waals surface area (Å²) in [5, 5.41) is 0. The first-order valence-electron chi connectivity index (χ1n) is 27.9. The summed E-state index contributed by atoms with van der Waals surface area (Å²) in [5.74, 6) is 0. The summed E-state index contributed by atoms with van der Waals surface area (Å²) in [7, 11) is -5.01. The predicted molar refractivity (Wildman–Crippen MR) is 333 cm³/mol. The molecular weight excluding hydrogens is 1100 g/mol. The molecule has 0 atom stereocenters. The van der Waals surface area contributed by atoms with Crippen LogP contribution in [0.1, 0.15) is 249 Å². The Bertz CT molecular complexity index is 1030. The Labute approximate surface area is 496 Å². The first kappa shape index (κ1) is 87.5. The zero-order valence-electron chi connectivity index (χ0n) is 57.5. The smallest absolute Gasteiger partial charge is 0.312 e. The van der Waals surface area contributed by atoms with Gasteiger partial charge in [0.1, 0.15) is 0 Å². The minimum Gasteiger partial charge on any atom is -0.312 e. The van der Waals surface area contributed by atoms with Crippen LogP contribution in [0.25, 0.3) is 0 Å². The van der Waals surface area contributed by atoms with E-state index in [-0.39, 0.29) is 81.5 Å². The van der Waals surface area contributed by atoms with Crippen molar-refractivity contribution in [3.63, 3.8) is 0 Å². The molecular formula is C60H132NiO12P4. The van der Waals surface area contributed by atoms with Gasteiger partial charge in [-0.1, -0.05) is 249 Å². The number of hydrogen-bond acceptors (Lipinski definition) is 12. The average molecular weight is 1230 g/mol. The van der Waals surface area contributed by atoms with Crippen LogP contribution in [0.4, 0.5) is 0 Å². The van der Waals surface area contributed by atoms with Gasteiger partial charge in [0.05, 0.1) is 79.3 Å². The standard InChI is InChI=1S/4C15H33O3P.Ni/c4*1-13(2,3)10-16-19(17-11-14(4,5)6)18-12-15(7,8)9;/h4*10-12H2,1-9H3;. The third-order valence-corrected chi connectivity index (χ3v) is 11.3. The Balaban J connectivity index is -0.000000298. The van der Waals surface area contributed by atoms with Crippen molar-refractivity contribution in [3.8, 4) is 0 Å². The summed E-state index contributed by atoms with van der Waals surface area (Å²) in [4.78, 5) is 0. The van der Waals surface area contributed by atoms with Crippen molar-refractivity contribution >= 4 is 34.4 Å². The van der Waals surface area contributed by atoms with Gasteiger partial charge >= 0.3 is 34.4 Å². The minimum absolute atomic E-state index is 0. The summed E-state index contributed by atoms with van der Waals surface area (Å²) in [6.07, 6.45) is 0. The van der Waals surface area contributed by atoms with Crippen LogP contribution in [0.15, 0.2) is 0 Å². The molecule has 0 unspecified atom stereocenters. The molecule has 0 aromatic carbocycles. The van der Waals surface area contributed by atoms with Gasteiger partial charge in [-0.05, 0) is 65.0 Å². The van der Waals surface area contributed by atoms with Crippen molar-refractivity contribution in [1.29, 1.82) is 0 Å². The van der Waals surface area contributed by atoms with Gasteiger partial charge in [0.2, 0.25) is 0 Å². The zero-order chi connectivity index (χ0) is 61.3. The summed E-state index contributed by atoms with van der Waals surface area (Å²) in [5.41, 5.74) is 1.46. The Hall–Kier alpha value is 1.73. The Morgan fingerprint density at radius 3 is 0.234 bits per heavy atom. The van der Waals surface area contributed by atoms with Gasteiger partial charge in [-0.2, -0.15) is 0 Å². The second-order valence-corrected chi connectivity index (χ2v) is 39.8. The maximum Gasteiger partial charge on any atom is 0.332 e. The molecule has 474 valence electrons. The zero-order valence-corrected chi connectivity index (χ0v) is 62.1. The Kier molecular flexibility index (Phi) is 43.2. The summed E-state index contributed by atoms with van der Waals surface area (Å²) in [6.45, 7) is 85.0. The van der Waals surface area contributed by atoms with Crippen LogP contribution in [-0.4, -0.2) is 79.3 Å². The first-order valence-corrected chi connectivity index (χ1v) is 32.3. The summed E-state index contributed by atoms with van der Waals surface area (Å²) < 4.78 is 69.8. The largest absolute Gasteiger partial charge is 0.332 e. The number of hydrogen-bond donors (Lipinski definition) is 0. The van der Waals surface area contributed by atoms with Crippen molar-refractivity contribution in [2.24, 2.45) is 65.0 Å². The van der Waals surface area contributed by atoms with Gasteiger partial charge in [0.15, 0.2) is 0 Å². The molecule has 12 nitrogen and oxygen atoms in total. The molecule has 0 bridgehead atoms. The molecule has 0 saturated heterocycles. The monoisotopic (exact) mass is 1230 g/mol. The van der Waals surface area contributed by atoms with Crippen LogP contribution >= 0.6 is 34.4 Å². The Morgan fingerprint density at radius 1 is 0.143 bits per heavy atom. The molecule has 0 spiro atoms. The van der Waals surface area contributed by atoms with E-state index >= 15 is 0 Å². The maximum absolute atomic E-state index is 5.82. The molecule has 77 heavy (non-hydrogen) atoms. The molecule has 0 aliphatic rings. The van der Waals surface area contributed by atoms with Crippen LogP contribution in [0.3, 0.4) is 0 Å². The van der Waals surface area contributed by atoms with Crippen molar-refractivity contribution in [3.05, 3.63) is 0 Å². The molecule has 0 aliphatic carbocycles. The average Bonchev–Trinajstić information content (AvgIpc) is 3.12. The van der Waals surface area contributed by atoms with E-state index in [1.54, 1.807) is 0 Å². The fraction of sp³-hybridized carbons (Fsp3) is 1.00. The first-order chi connectivity index (χ1) is 33.1. The molecule has 0 amide bonds. The van der Waals surface area contributed by atoms with E-state index in [0.29, 0.717) is 79.3 Å². The van der Waals surface area contributed by atoms with Crippen LogP contribution in [-0.2, 0) is 70.8 Å². The second-order valence-electron chi connectivity index (χ2n) is 34.9. The SMILES string of the molecule is CC(C)(C)COP(OCC(C)(C)C)OCC(C)(C)C.CC(C)(C)COP(OCC(C)(C)C)OCC(C)(C)C.CC(C)(C)COP(OCC(C)(C)C)OCC(C)(C)C.CC(C)(C)COP(OCC(C)(C)C)OCC(C)(C)C.[Ni]. The molecule has 0 heterocycles. The van der Waals surface area contributed by atoms with Gasteiger partial charge in [0, 0.05) is 16.5 Å². The molecule has 0 fully saturated rings. The summed E-state index contributed by atoms with van der Waals surface area (Å²) in [6, 6.07) is 0. The van der Waals surface area contributed by atoms with E-state index < -0.39 is 34.4 Å². The van der Waals surface area contributed by atoms with Gasteiger partial charge in [0.25, 0.3) is 0 Å². The van der Waals surface area contributed by atoms with Crippen LogP contribution in [0.5, 0.6) is 0 Å². The molecule has 0 saturated carbocycles. The van der Waals surface area contributed by atoms with Crippen LogP contribution < -0.4 is 0 Å². The van der Waals surface area contributed by atoms with Gasteiger partial charge < -0.3 is 54.3 Å². The molecule has 0 aromatic heterocycles. The second kappa shape index (κ2) is 38.0. The predicted octanol–water partition coefficient (Wildman–Crippen LogP) is 21.6. The van der Waals surface area contributed by atoms with Gasteiger partial charge in [-0.3, -0.25) is 0 Å². The number of rotatable bonds is 24. The molecule has 0 aromatic rings. The van der Waals surface area contributed by atoms with Crippen molar-refractivity contribution in [1.82, 2.24) is 0 Å². The van der Waals surface area contributed by atoms with Gasteiger partial charge in [-0.25, -0.2) is 0 Å². The minimum atomic E-state index is -1.25. The van der Waals surface area contributed by atoms with E-state index in [1.807, 2.05) is 0 Å². The fourth-order valence-electron chi connectivity index (χ4n) is 3.40. The van der Waals surface area contributed by atoms with Gasteiger partial charge in [-0.15, -0.1) is 0 Å². The van der Waals surface area contributed by atoms with Crippen molar-refractivity contribution in [2.75, 3.05) is 79.3 Å². The van der Waals surface area contributed by atoms with E-state index in [2.05, 4.69) is 249 Å². The van der Waals surface area contributed by atoms with E-state index in [9.17, 15) is 0 Å². The molecule has 0 rings (SSSR count). The topological polar surface area (TPSA) is 111 Å². The van der Waals surface area contributed by atoms with Crippen molar-refractivity contribution < 1.29 is 70.8 Å². The molecule has 0 radical (unpaired) electrons. The Morgan fingerprint density at radius 2 is 0.195 bits per heavy atom. The normalized spacial score (nSPS) is 14.0. The van der Waals surface area contributed by atoms with E-state index in [0.717, 1.165) is 0 Å². The third-order valence-electron chi connectivity index (χ3n) is 7.24. The van der Waals surface area contributed by atoms with Crippen LogP contribution in [0.2, 0.25) is 0 Å². The fourth-order valence-corrected chi connectivity index (χ4v) is 10.2. The quantitative estimate of drug-likeness (QED) is 0.0678. The van der Waals surface area contributed by atoms with E-state index in [1.165, 1.54) is 0 Å². The van der Waals surface area contributed by atoms with Crippen LogP contribution in [0, 0.1) is 65.0 Å².